The first-order valence-electron chi connectivity index (χ1n) is 8.89. The Bertz CT molecular complexity index is 958. The number of hydrogen-bond donors (Lipinski definition) is 1. The van der Waals surface area contributed by atoms with Crippen LogP contribution in [0.3, 0.4) is 0 Å². The van der Waals surface area contributed by atoms with Crippen molar-refractivity contribution < 1.29 is 0 Å². The third-order valence-electron chi connectivity index (χ3n) is 4.93. The zero-order valence-electron chi connectivity index (χ0n) is 14.7. The van der Waals surface area contributed by atoms with Gasteiger partial charge < -0.3 is 0 Å². The third-order valence-corrected chi connectivity index (χ3v) is 4.93. The quantitative estimate of drug-likeness (QED) is 0.793. The first-order valence-corrected chi connectivity index (χ1v) is 8.89. The number of pyridine rings is 1. The maximum atomic E-state index is 12.2. The Morgan fingerprint density at radius 1 is 1.24 bits per heavy atom. The number of aromatic amines is 1. The van der Waals surface area contributed by atoms with E-state index in [0.29, 0.717) is 5.92 Å². The minimum atomic E-state index is -0.0353. The van der Waals surface area contributed by atoms with Crippen LogP contribution in [-0.4, -0.2) is 37.6 Å². The van der Waals surface area contributed by atoms with Crippen LogP contribution in [0.4, 0.5) is 0 Å². The van der Waals surface area contributed by atoms with Gasteiger partial charge in [-0.15, -0.1) is 0 Å². The number of hydrogen-bond acceptors (Lipinski definition) is 4. The van der Waals surface area contributed by atoms with E-state index in [0.717, 1.165) is 60.9 Å². The molecule has 3 aromatic rings. The average Bonchev–Trinajstić information content (AvgIpc) is 3.21. The van der Waals surface area contributed by atoms with Crippen molar-refractivity contribution in [2.45, 2.75) is 39.2 Å². The molecule has 130 valence electrons. The van der Waals surface area contributed by atoms with Crippen LogP contribution in [0.5, 0.6) is 0 Å². The number of fused-ring (bicyclic) bond motifs is 1. The molecule has 0 amide bonds. The van der Waals surface area contributed by atoms with E-state index in [1.807, 2.05) is 26.0 Å². The number of aryl methyl sites for hydroxylation is 2. The lowest BCUT2D eigenvalue weighted by atomic mass is 10.1. The Hall–Kier alpha value is -2.47. The van der Waals surface area contributed by atoms with Gasteiger partial charge in [-0.2, -0.15) is 0 Å². The molecule has 1 aliphatic rings. The molecule has 0 aromatic carbocycles. The lowest BCUT2D eigenvalue weighted by Crippen LogP contribution is -2.20. The number of nitrogens with one attached hydrogen (secondary N) is 1. The summed E-state index contributed by atoms with van der Waals surface area (Å²) in [5.74, 6) is 0.399. The van der Waals surface area contributed by atoms with Gasteiger partial charge in [-0.05, 0) is 38.4 Å². The minimum Gasteiger partial charge on any atom is -0.297 e. The van der Waals surface area contributed by atoms with Crippen molar-refractivity contribution in [3.05, 3.63) is 63.5 Å². The third kappa shape index (κ3) is 3.22. The summed E-state index contributed by atoms with van der Waals surface area (Å²) in [5, 5.41) is 3.25. The monoisotopic (exact) mass is 337 g/mol. The zero-order valence-corrected chi connectivity index (χ0v) is 14.7. The minimum absolute atomic E-state index is 0.0353. The van der Waals surface area contributed by atoms with E-state index in [4.69, 9.17) is 0 Å². The Morgan fingerprint density at radius 3 is 2.92 bits per heavy atom. The predicted octanol–water partition coefficient (Wildman–Crippen LogP) is 2.28. The molecule has 1 atom stereocenters. The van der Waals surface area contributed by atoms with Gasteiger partial charge in [0.05, 0.1) is 5.69 Å². The summed E-state index contributed by atoms with van der Waals surface area (Å²) >= 11 is 0. The Balaban J connectivity index is 1.52. The van der Waals surface area contributed by atoms with Crippen molar-refractivity contribution in [2.24, 2.45) is 0 Å². The van der Waals surface area contributed by atoms with E-state index >= 15 is 0 Å². The first kappa shape index (κ1) is 16.0. The van der Waals surface area contributed by atoms with Gasteiger partial charge in [-0.3, -0.25) is 19.8 Å². The summed E-state index contributed by atoms with van der Waals surface area (Å²) in [4.78, 5) is 23.8. The Labute approximate surface area is 146 Å². The maximum Gasteiger partial charge on any atom is 0.272 e. The second-order valence-electron chi connectivity index (χ2n) is 6.84. The Morgan fingerprint density at radius 2 is 2.12 bits per heavy atom. The molecule has 0 spiro atoms. The average molecular weight is 337 g/mol. The van der Waals surface area contributed by atoms with Gasteiger partial charge in [0.1, 0.15) is 0 Å². The van der Waals surface area contributed by atoms with Crippen molar-refractivity contribution in [1.82, 2.24) is 24.5 Å². The second kappa shape index (κ2) is 6.44. The number of aromatic nitrogens is 4. The molecule has 6 nitrogen and oxygen atoms in total. The molecule has 1 N–H and O–H groups in total. The van der Waals surface area contributed by atoms with Gasteiger partial charge in [0.25, 0.3) is 5.56 Å². The van der Waals surface area contributed by atoms with Crippen LogP contribution in [0.1, 0.15) is 42.0 Å². The molecule has 6 heteroatoms. The van der Waals surface area contributed by atoms with Gasteiger partial charge in [0.15, 0.2) is 5.65 Å². The molecule has 0 saturated carbocycles. The highest BCUT2D eigenvalue weighted by Gasteiger charge is 2.26. The van der Waals surface area contributed by atoms with Crippen LogP contribution in [-0.2, 0) is 13.0 Å². The van der Waals surface area contributed by atoms with Gasteiger partial charge in [-0.25, -0.2) is 9.50 Å². The normalized spacial score (nSPS) is 18.2. The zero-order chi connectivity index (χ0) is 17.4. The van der Waals surface area contributed by atoms with Crippen molar-refractivity contribution in [2.75, 3.05) is 13.1 Å². The molecule has 0 bridgehead atoms. The number of nitrogens with zero attached hydrogens (tertiary/aromatic N) is 4. The van der Waals surface area contributed by atoms with E-state index in [9.17, 15) is 4.79 Å². The SMILES string of the molecule is CCc1cc(=O)n2[nH]c(C3CCN(Cc4cccc(C)n4)C3)cc2n1. The summed E-state index contributed by atoms with van der Waals surface area (Å²) < 4.78 is 1.55. The van der Waals surface area contributed by atoms with Gasteiger partial charge >= 0.3 is 0 Å². The van der Waals surface area contributed by atoms with Crippen LogP contribution in [0.25, 0.3) is 5.65 Å². The van der Waals surface area contributed by atoms with Crippen LogP contribution < -0.4 is 5.56 Å². The molecule has 3 aromatic heterocycles. The summed E-state index contributed by atoms with van der Waals surface area (Å²) in [6.45, 7) is 6.92. The molecule has 0 aliphatic carbocycles. The molecule has 0 radical (unpaired) electrons. The number of H-pyrrole nitrogens is 1. The highest BCUT2D eigenvalue weighted by Crippen LogP contribution is 2.27. The molecular formula is C19H23N5O. The van der Waals surface area contributed by atoms with E-state index in [1.165, 1.54) is 0 Å². The molecular weight excluding hydrogens is 314 g/mol. The van der Waals surface area contributed by atoms with Gasteiger partial charge in [-0.1, -0.05) is 13.0 Å². The van der Waals surface area contributed by atoms with E-state index < -0.39 is 0 Å². The fraction of sp³-hybridized carbons (Fsp3) is 0.421. The van der Waals surface area contributed by atoms with Crippen molar-refractivity contribution in [3.8, 4) is 0 Å². The predicted molar refractivity (Wildman–Crippen MR) is 96.8 cm³/mol. The lowest BCUT2D eigenvalue weighted by Gasteiger charge is -2.15. The van der Waals surface area contributed by atoms with Crippen LogP contribution >= 0.6 is 0 Å². The van der Waals surface area contributed by atoms with Crippen molar-refractivity contribution >= 4 is 5.65 Å². The molecule has 25 heavy (non-hydrogen) atoms. The largest absolute Gasteiger partial charge is 0.297 e. The summed E-state index contributed by atoms with van der Waals surface area (Å²) in [7, 11) is 0. The summed E-state index contributed by atoms with van der Waals surface area (Å²) in [5.41, 5.74) is 4.79. The van der Waals surface area contributed by atoms with Gasteiger partial charge in [0.2, 0.25) is 0 Å². The van der Waals surface area contributed by atoms with E-state index in [1.54, 1.807) is 10.6 Å². The number of rotatable bonds is 4. The van der Waals surface area contributed by atoms with Crippen LogP contribution in [0.2, 0.25) is 0 Å². The van der Waals surface area contributed by atoms with Crippen molar-refractivity contribution in [1.29, 1.82) is 0 Å². The highest BCUT2D eigenvalue weighted by molar-refractivity contribution is 5.41. The highest BCUT2D eigenvalue weighted by atomic mass is 16.1. The fourth-order valence-corrected chi connectivity index (χ4v) is 3.60. The number of likely N-dealkylation sites (tertiary alicyclic amines) is 1. The standard InChI is InChI=1S/C19H23N5O/c1-3-15-9-19(25)24-18(21-15)10-17(22-24)14-7-8-23(11-14)12-16-6-4-5-13(2)20-16/h4-6,9-10,14,22H,3,7-8,11-12H2,1-2H3. The molecule has 1 unspecified atom stereocenters. The second-order valence-corrected chi connectivity index (χ2v) is 6.84. The van der Waals surface area contributed by atoms with Gasteiger partial charge in [0, 0.05) is 48.2 Å². The maximum absolute atomic E-state index is 12.2. The summed E-state index contributed by atoms with van der Waals surface area (Å²) in [6, 6.07) is 9.80. The molecule has 1 saturated heterocycles. The molecule has 4 rings (SSSR count). The smallest absolute Gasteiger partial charge is 0.272 e. The van der Waals surface area contributed by atoms with E-state index in [-0.39, 0.29) is 5.56 Å². The molecule has 1 fully saturated rings. The molecule has 1 aliphatic heterocycles. The fourth-order valence-electron chi connectivity index (χ4n) is 3.60. The topological polar surface area (TPSA) is 66.3 Å². The van der Waals surface area contributed by atoms with Crippen LogP contribution in [0, 0.1) is 6.92 Å². The van der Waals surface area contributed by atoms with E-state index in [2.05, 4.69) is 32.1 Å². The lowest BCUT2D eigenvalue weighted by molar-refractivity contribution is 0.322. The van der Waals surface area contributed by atoms with Crippen molar-refractivity contribution in [3.63, 3.8) is 0 Å². The Kier molecular flexibility index (Phi) is 4.13. The van der Waals surface area contributed by atoms with Crippen LogP contribution in [0.15, 0.2) is 35.1 Å². The first-order chi connectivity index (χ1) is 12.1. The molecule has 4 heterocycles. The summed E-state index contributed by atoms with van der Waals surface area (Å²) in [6.07, 6.45) is 1.85.